The Kier molecular flexibility index (Phi) is 6.70. The molecule has 1 saturated heterocycles. The summed E-state index contributed by atoms with van der Waals surface area (Å²) in [5.74, 6) is 1.17. The molecule has 30 heavy (non-hydrogen) atoms. The van der Waals surface area contributed by atoms with Crippen LogP contribution in [0.3, 0.4) is 0 Å². The molecule has 2 aromatic carbocycles. The predicted octanol–water partition coefficient (Wildman–Crippen LogP) is 0.481. The van der Waals surface area contributed by atoms with E-state index in [-0.39, 0.29) is 11.9 Å². The van der Waals surface area contributed by atoms with Crippen molar-refractivity contribution in [2.24, 2.45) is 0 Å². The van der Waals surface area contributed by atoms with Crippen molar-refractivity contribution in [2.75, 3.05) is 39.8 Å². The number of methoxy groups -OCH3 is 1. The van der Waals surface area contributed by atoms with Gasteiger partial charge in [-0.2, -0.15) is 0 Å². The molecule has 2 aliphatic rings. The minimum atomic E-state index is 0.183. The van der Waals surface area contributed by atoms with Crippen LogP contribution in [-0.4, -0.2) is 45.7 Å². The molecule has 0 spiro atoms. The molecule has 1 aliphatic carbocycles. The summed E-state index contributed by atoms with van der Waals surface area (Å²) in [6, 6.07) is 15.1. The highest BCUT2D eigenvalue weighted by Crippen LogP contribution is 2.29. The first-order chi connectivity index (χ1) is 14.6. The van der Waals surface area contributed by atoms with Crippen molar-refractivity contribution in [3.8, 4) is 5.75 Å². The fourth-order valence-corrected chi connectivity index (χ4v) is 5.00. The summed E-state index contributed by atoms with van der Waals surface area (Å²) in [6.45, 7) is 7.96. The lowest BCUT2D eigenvalue weighted by Gasteiger charge is -2.31. The zero-order valence-electron chi connectivity index (χ0n) is 18.3. The summed E-state index contributed by atoms with van der Waals surface area (Å²) in [5.41, 5.74) is 5.26. The number of piperazine rings is 1. The largest absolute Gasteiger partial charge is 0.496 e. The number of benzene rings is 2. The summed E-state index contributed by atoms with van der Waals surface area (Å²) in [6.07, 6.45) is 3.33. The van der Waals surface area contributed by atoms with Crippen LogP contribution in [0.2, 0.25) is 0 Å². The highest BCUT2D eigenvalue weighted by molar-refractivity contribution is 5.77. The molecule has 5 nitrogen and oxygen atoms in total. The van der Waals surface area contributed by atoms with Crippen molar-refractivity contribution in [1.29, 1.82) is 0 Å². The van der Waals surface area contributed by atoms with Gasteiger partial charge in [0.05, 0.1) is 13.2 Å². The molecule has 1 heterocycles. The van der Waals surface area contributed by atoms with E-state index in [1.165, 1.54) is 27.2 Å². The van der Waals surface area contributed by atoms with Crippen LogP contribution in [0.4, 0.5) is 0 Å². The molecule has 160 valence electrons. The van der Waals surface area contributed by atoms with E-state index in [4.69, 9.17) is 4.74 Å². The zero-order chi connectivity index (χ0) is 20.9. The maximum absolute atomic E-state index is 12.7. The zero-order valence-corrected chi connectivity index (χ0v) is 18.3. The Morgan fingerprint density at radius 2 is 1.87 bits per heavy atom. The van der Waals surface area contributed by atoms with Crippen LogP contribution < -0.4 is 19.9 Å². The van der Waals surface area contributed by atoms with Gasteiger partial charge in [0.15, 0.2) is 6.54 Å². The van der Waals surface area contributed by atoms with E-state index in [1.54, 1.807) is 12.0 Å². The second-order valence-electron chi connectivity index (χ2n) is 8.88. The van der Waals surface area contributed by atoms with Gasteiger partial charge in [-0.25, -0.2) is 0 Å². The van der Waals surface area contributed by atoms with Gasteiger partial charge < -0.3 is 19.9 Å². The summed E-state index contributed by atoms with van der Waals surface area (Å²) in [7, 11) is 1.74. The molecule has 0 saturated carbocycles. The van der Waals surface area contributed by atoms with Crippen LogP contribution in [0.15, 0.2) is 42.5 Å². The number of hydrogen-bond donors (Lipinski definition) is 3. The third kappa shape index (κ3) is 5.02. The Hall–Kier alpha value is -2.37. The van der Waals surface area contributed by atoms with Gasteiger partial charge in [-0.1, -0.05) is 35.9 Å². The van der Waals surface area contributed by atoms with Crippen molar-refractivity contribution in [2.45, 2.75) is 38.8 Å². The number of quaternary nitrogens is 2. The van der Waals surface area contributed by atoms with E-state index < -0.39 is 0 Å². The van der Waals surface area contributed by atoms with Gasteiger partial charge in [0.2, 0.25) is 0 Å². The molecular weight excluding hydrogens is 374 g/mol. The maximum atomic E-state index is 12.7. The van der Waals surface area contributed by atoms with Crippen LogP contribution >= 0.6 is 0 Å². The second-order valence-corrected chi connectivity index (χ2v) is 8.88. The van der Waals surface area contributed by atoms with Gasteiger partial charge in [0.25, 0.3) is 5.91 Å². The number of aryl methyl sites for hydroxylation is 2. The molecule has 2 aromatic rings. The standard InChI is InChI=1S/C25H33N3O2/c1-19-10-11-24(30-2)21(16-19)17-27-12-14-28(15-13-27)18-25(29)26-23-9-5-7-20-6-3-4-8-22(20)23/h3-4,6,8,10-11,16,23H,5,7,9,12-15,17-18H2,1-2H3,(H,26,29)/p+2/t23-/m1/s1. The van der Waals surface area contributed by atoms with Crippen molar-refractivity contribution >= 4 is 5.91 Å². The Bertz CT molecular complexity index is 874. The molecule has 0 aromatic heterocycles. The number of nitrogens with one attached hydrogen (secondary N) is 3. The molecule has 1 aliphatic heterocycles. The molecule has 0 radical (unpaired) electrons. The van der Waals surface area contributed by atoms with Crippen LogP contribution in [-0.2, 0) is 17.8 Å². The molecule has 0 bridgehead atoms. The molecule has 3 N–H and O–H groups in total. The number of amides is 1. The lowest BCUT2D eigenvalue weighted by Crippen LogP contribution is -3.28. The number of fused-ring (bicyclic) bond motifs is 1. The molecule has 5 heteroatoms. The van der Waals surface area contributed by atoms with Crippen LogP contribution in [0.1, 0.15) is 41.1 Å². The Morgan fingerprint density at radius 3 is 2.67 bits per heavy atom. The first kappa shape index (κ1) is 20.9. The van der Waals surface area contributed by atoms with Crippen LogP contribution in [0.5, 0.6) is 5.75 Å². The normalized spacial score (nSPS) is 23.5. The molecule has 1 fully saturated rings. The Labute approximate surface area is 180 Å². The number of rotatable bonds is 6. The Balaban J connectivity index is 1.26. The SMILES string of the molecule is COc1ccc(C)cc1C[NH+]1CC[NH+](CC(=O)N[C@@H]2CCCc3ccccc32)CC1. The quantitative estimate of drug-likeness (QED) is 0.650. The summed E-state index contributed by atoms with van der Waals surface area (Å²) < 4.78 is 5.54. The average molecular weight is 410 g/mol. The number of carbonyl (C=O) groups is 1. The van der Waals surface area contributed by atoms with E-state index in [1.807, 2.05) is 0 Å². The number of ether oxygens (including phenoxy) is 1. The molecular formula is C25H35N3O2+2. The highest BCUT2D eigenvalue weighted by atomic mass is 16.5. The lowest BCUT2D eigenvalue weighted by atomic mass is 9.88. The predicted molar refractivity (Wildman–Crippen MR) is 118 cm³/mol. The van der Waals surface area contributed by atoms with Gasteiger partial charge in [0, 0.05) is 5.56 Å². The molecule has 0 unspecified atom stereocenters. The van der Waals surface area contributed by atoms with Gasteiger partial charge in [-0.3, -0.25) is 4.79 Å². The second kappa shape index (κ2) is 9.63. The van der Waals surface area contributed by atoms with Gasteiger partial charge in [-0.05, 0) is 49.4 Å². The van der Waals surface area contributed by atoms with E-state index in [0.29, 0.717) is 6.54 Å². The monoisotopic (exact) mass is 409 g/mol. The van der Waals surface area contributed by atoms with Gasteiger partial charge in [0.1, 0.15) is 38.5 Å². The van der Waals surface area contributed by atoms with Crippen molar-refractivity contribution in [1.82, 2.24) is 5.32 Å². The fourth-order valence-electron chi connectivity index (χ4n) is 5.00. The van der Waals surface area contributed by atoms with E-state index in [2.05, 4.69) is 54.7 Å². The number of hydrogen-bond acceptors (Lipinski definition) is 2. The Morgan fingerprint density at radius 1 is 1.10 bits per heavy atom. The maximum Gasteiger partial charge on any atom is 0.275 e. The lowest BCUT2D eigenvalue weighted by molar-refractivity contribution is -1.02. The highest BCUT2D eigenvalue weighted by Gasteiger charge is 2.27. The van der Waals surface area contributed by atoms with Gasteiger partial charge >= 0.3 is 0 Å². The van der Waals surface area contributed by atoms with E-state index >= 15 is 0 Å². The smallest absolute Gasteiger partial charge is 0.275 e. The van der Waals surface area contributed by atoms with Crippen LogP contribution in [0.25, 0.3) is 0 Å². The average Bonchev–Trinajstić information content (AvgIpc) is 2.75. The van der Waals surface area contributed by atoms with Crippen molar-refractivity contribution in [3.63, 3.8) is 0 Å². The van der Waals surface area contributed by atoms with E-state index in [9.17, 15) is 4.79 Å². The molecule has 4 rings (SSSR count). The van der Waals surface area contributed by atoms with Crippen LogP contribution in [0, 0.1) is 6.92 Å². The topological polar surface area (TPSA) is 47.2 Å². The van der Waals surface area contributed by atoms with E-state index in [0.717, 1.165) is 57.7 Å². The minimum Gasteiger partial charge on any atom is -0.496 e. The fraction of sp³-hybridized carbons (Fsp3) is 0.480. The first-order valence-electron chi connectivity index (χ1n) is 11.3. The molecule has 1 atom stereocenters. The first-order valence-corrected chi connectivity index (χ1v) is 11.3. The summed E-state index contributed by atoms with van der Waals surface area (Å²) in [5, 5.41) is 3.31. The third-order valence-corrected chi connectivity index (χ3v) is 6.66. The molecule has 1 amide bonds. The third-order valence-electron chi connectivity index (χ3n) is 6.66. The van der Waals surface area contributed by atoms with Crippen molar-refractivity contribution in [3.05, 3.63) is 64.7 Å². The van der Waals surface area contributed by atoms with Crippen molar-refractivity contribution < 1.29 is 19.3 Å². The number of carbonyl (C=O) groups excluding carboxylic acids is 1. The summed E-state index contributed by atoms with van der Waals surface area (Å²) >= 11 is 0. The minimum absolute atomic E-state index is 0.183. The van der Waals surface area contributed by atoms with Gasteiger partial charge in [-0.15, -0.1) is 0 Å². The summed E-state index contributed by atoms with van der Waals surface area (Å²) in [4.78, 5) is 15.7.